The Bertz CT molecular complexity index is 1380. The van der Waals surface area contributed by atoms with Crippen LogP contribution >= 0.6 is 11.3 Å². The number of nitrogens with zero attached hydrogens (tertiary/aromatic N) is 5. The summed E-state index contributed by atoms with van der Waals surface area (Å²) in [6.07, 6.45) is 1.25. The minimum atomic E-state index is -0.714. The second kappa shape index (κ2) is 8.65. The van der Waals surface area contributed by atoms with Gasteiger partial charge in [0.1, 0.15) is 23.7 Å². The highest BCUT2D eigenvalue weighted by atomic mass is 32.1. The molecule has 0 amide bonds. The summed E-state index contributed by atoms with van der Waals surface area (Å²) in [4.78, 5) is 19.5. The molecule has 11 heteroatoms. The van der Waals surface area contributed by atoms with Crippen LogP contribution < -0.4 is 21.1 Å². The maximum atomic E-state index is 13.9. The molecular formula is C23H22F2N6O2S. The number of aryl methyl sites for hydroxylation is 1. The van der Waals surface area contributed by atoms with Crippen LogP contribution in [0.4, 0.5) is 13.9 Å². The predicted octanol–water partition coefficient (Wildman–Crippen LogP) is 3.45. The first-order valence-corrected chi connectivity index (χ1v) is 11.5. The third-order valence-electron chi connectivity index (χ3n) is 5.92. The van der Waals surface area contributed by atoms with Gasteiger partial charge in [0.15, 0.2) is 5.13 Å². The Morgan fingerprint density at radius 1 is 1.18 bits per heavy atom. The van der Waals surface area contributed by atoms with E-state index in [1.165, 1.54) is 23.7 Å². The molecule has 2 aromatic heterocycles. The van der Waals surface area contributed by atoms with Crippen molar-refractivity contribution in [1.29, 1.82) is 0 Å². The molecule has 2 aromatic carbocycles. The van der Waals surface area contributed by atoms with Crippen LogP contribution in [0.25, 0.3) is 5.69 Å². The molecule has 0 aliphatic carbocycles. The van der Waals surface area contributed by atoms with E-state index in [4.69, 9.17) is 10.5 Å². The van der Waals surface area contributed by atoms with Crippen LogP contribution in [0.5, 0.6) is 10.8 Å². The molecule has 1 aliphatic rings. The third-order valence-corrected chi connectivity index (χ3v) is 7.00. The normalized spacial score (nSPS) is 17.6. The van der Waals surface area contributed by atoms with Gasteiger partial charge in [0.25, 0.3) is 0 Å². The summed E-state index contributed by atoms with van der Waals surface area (Å²) >= 11 is 1.46. The molecule has 0 unspecified atom stereocenters. The summed E-state index contributed by atoms with van der Waals surface area (Å²) in [5, 5.41) is 5.64. The highest BCUT2D eigenvalue weighted by Gasteiger charge is 2.34. The molecular weight excluding hydrogens is 462 g/mol. The monoisotopic (exact) mass is 484 g/mol. The number of ether oxygens (including phenoxy) is 1. The van der Waals surface area contributed by atoms with Crippen LogP contribution in [-0.4, -0.2) is 38.0 Å². The summed E-state index contributed by atoms with van der Waals surface area (Å²) < 4.78 is 36.2. The van der Waals surface area contributed by atoms with E-state index < -0.39 is 17.3 Å². The van der Waals surface area contributed by atoms with Gasteiger partial charge in [0, 0.05) is 24.2 Å². The number of benzene rings is 2. The number of rotatable bonds is 6. The van der Waals surface area contributed by atoms with Crippen LogP contribution in [0.1, 0.15) is 18.2 Å². The van der Waals surface area contributed by atoms with Crippen LogP contribution in [-0.2, 0) is 6.54 Å². The van der Waals surface area contributed by atoms with Gasteiger partial charge in [-0.3, -0.25) is 4.57 Å². The Labute approximate surface area is 197 Å². The topological polar surface area (TPSA) is 91.2 Å². The van der Waals surface area contributed by atoms with Gasteiger partial charge >= 0.3 is 5.69 Å². The van der Waals surface area contributed by atoms with E-state index in [1.54, 1.807) is 24.3 Å². The van der Waals surface area contributed by atoms with E-state index in [9.17, 15) is 13.6 Å². The summed E-state index contributed by atoms with van der Waals surface area (Å²) in [5.41, 5.74) is 6.56. The molecule has 1 saturated heterocycles. The average Bonchev–Trinajstić information content (AvgIpc) is 3.36. The third kappa shape index (κ3) is 3.97. The number of aromatic nitrogens is 4. The molecule has 4 aromatic rings. The number of hydrogen-bond donors (Lipinski definition) is 1. The van der Waals surface area contributed by atoms with E-state index >= 15 is 0 Å². The fourth-order valence-electron chi connectivity index (χ4n) is 3.71. The lowest BCUT2D eigenvalue weighted by molar-refractivity contribution is 0.404. The van der Waals surface area contributed by atoms with Crippen molar-refractivity contribution in [2.45, 2.75) is 32.5 Å². The summed E-state index contributed by atoms with van der Waals surface area (Å²) in [5.74, 6) is -0.848. The average molecular weight is 485 g/mol. The zero-order valence-corrected chi connectivity index (χ0v) is 19.3. The minimum Gasteiger partial charge on any atom is -0.445 e. The first-order chi connectivity index (χ1) is 16.3. The Morgan fingerprint density at radius 2 is 1.88 bits per heavy atom. The lowest BCUT2D eigenvalue weighted by Crippen LogP contribution is -2.63. The predicted molar refractivity (Wildman–Crippen MR) is 125 cm³/mol. The van der Waals surface area contributed by atoms with E-state index in [-0.39, 0.29) is 24.2 Å². The number of anilines is 1. The van der Waals surface area contributed by atoms with Gasteiger partial charge in [-0.1, -0.05) is 17.4 Å². The molecule has 0 bridgehead atoms. The van der Waals surface area contributed by atoms with Gasteiger partial charge in [0.05, 0.1) is 17.9 Å². The molecule has 1 aliphatic heterocycles. The van der Waals surface area contributed by atoms with E-state index in [0.29, 0.717) is 16.5 Å². The number of thiazole rings is 1. The highest BCUT2D eigenvalue weighted by molar-refractivity contribution is 7.17. The van der Waals surface area contributed by atoms with Gasteiger partial charge in [0.2, 0.25) is 5.06 Å². The second-order valence-electron chi connectivity index (χ2n) is 8.18. The first-order valence-electron chi connectivity index (χ1n) is 10.7. The van der Waals surface area contributed by atoms with Gasteiger partial charge in [-0.05, 0) is 50.2 Å². The summed E-state index contributed by atoms with van der Waals surface area (Å²) in [7, 11) is 0. The van der Waals surface area contributed by atoms with Crippen molar-refractivity contribution in [3.05, 3.63) is 82.2 Å². The van der Waals surface area contributed by atoms with Gasteiger partial charge < -0.3 is 15.4 Å². The molecule has 2 N–H and O–H groups in total. The smallest absolute Gasteiger partial charge is 0.350 e. The molecule has 0 saturated carbocycles. The molecule has 3 heterocycles. The van der Waals surface area contributed by atoms with Crippen LogP contribution in [0.15, 0.2) is 53.6 Å². The molecule has 1 fully saturated rings. The maximum Gasteiger partial charge on any atom is 0.350 e. The van der Waals surface area contributed by atoms with Crippen molar-refractivity contribution in [3.8, 4) is 16.5 Å². The first kappa shape index (κ1) is 22.2. The van der Waals surface area contributed by atoms with Crippen molar-refractivity contribution >= 4 is 16.5 Å². The quantitative estimate of drug-likeness (QED) is 0.451. The van der Waals surface area contributed by atoms with Crippen molar-refractivity contribution < 1.29 is 13.5 Å². The zero-order chi connectivity index (χ0) is 24.0. The SMILES string of the molecule is Cc1nc(N2C[C@@H](N)[C@@H]2C)sc1Oc1ccc(-n2ncn(Cc3c(F)cccc3F)c2=O)cc1. The van der Waals surface area contributed by atoms with E-state index in [0.717, 1.165) is 38.8 Å². The lowest BCUT2D eigenvalue weighted by Gasteiger charge is -2.44. The molecule has 2 atom stereocenters. The molecule has 5 rings (SSSR count). The second-order valence-corrected chi connectivity index (χ2v) is 9.12. The minimum absolute atomic E-state index is 0.152. The van der Waals surface area contributed by atoms with Crippen molar-refractivity contribution in [2.24, 2.45) is 5.73 Å². The standard InChI is InChI=1S/C23H22F2N6O2S/c1-13-21(34-22(28-13)30-11-20(26)14(30)2)33-16-8-6-15(7-9-16)31-23(32)29(12-27-31)10-17-18(24)4-3-5-19(17)25/h3-9,12,14,20H,10-11,26H2,1-2H3/t14-,20+/m0/s1. The van der Waals surface area contributed by atoms with Crippen molar-refractivity contribution in [1.82, 2.24) is 19.3 Å². The fraction of sp³-hybridized carbons (Fsp3) is 0.261. The van der Waals surface area contributed by atoms with Gasteiger partial charge in [-0.15, -0.1) is 0 Å². The number of halogens is 2. The lowest BCUT2D eigenvalue weighted by atomic mass is 10.0. The van der Waals surface area contributed by atoms with Crippen molar-refractivity contribution in [3.63, 3.8) is 0 Å². The summed E-state index contributed by atoms with van der Waals surface area (Å²) in [6, 6.07) is 10.8. The van der Waals surface area contributed by atoms with Crippen LogP contribution in [0.2, 0.25) is 0 Å². The molecule has 8 nitrogen and oxygen atoms in total. The maximum absolute atomic E-state index is 13.9. The molecule has 0 radical (unpaired) electrons. The fourth-order valence-corrected chi connectivity index (χ4v) is 4.75. The summed E-state index contributed by atoms with van der Waals surface area (Å²) in [6.45, 7) is 4.47. The number of hydrogen-bond acceptors (Lipinski definition) is 7. The molecule has 34 heavy (non-hydrogen) atoms. The Kier molecular flexibility index (Phi) is 5.66. The Hall–Kier alpha value is -3.57. The largest absolute Gasteiger partial charge is 0.445 e. The van der Waals surface area contributed by atoms with Crippen LogP contribution in [0, 0.1) is 18.6 Å². The number of nitrogens with two attached hydrogens (primary N) is 1. The van der Waals surface area contributed by atoms with E-state index in [2.05, 4.69) is 21.9 Å². The highest BCUT2D eigenvalue weighted by Crippen LogP contribution is 2.38. The molecule has 0 spiro atoms. The van der Waals surface area contributed by atoms with Gasteiger partial charge in [-0.25, -0.2) is 18.6 Å². The van der Waals surface area contributed by atoms with E-state index in [1.807, 2.05) is 6.92 Å². The zero-order valence-electron chi connectivity index (χ0n) is 18.5. The molecule has 176 valence electrons. The Morgan fingerprint density at radius 3 is 2.53 bits per heavy atom. The van der Waals surface area contributed by atoms with Crippen molar-refractivity contribution in [2.75, 3.05) is 11.4 Å². The van der Waals surface area contributed by atoms with Gasteiger partial charge in [-0.2, -0.15) is 9.78 Å². The van der Waals surface area contributed by atoms with Crippen LogP contribution in [0.3, 0.4) is 0 Å². The Balaban J connectivity index is 1.32.